The van der Waals surface area contributed by atoms with Crippen LogP contribution < -0.4 is 19.7 Å². The highest BCUT2D eigenvalue weighted by Gasteiger charge is 2.64. The van der Waals surface area contributed by atoms with Gasteiger partial charge in [-0.1, -0.05) is 27.7 Å². The van der Waals surface area contributed by atoms with Crippen LogP contribution in [0.25, 0.3) is 0 Å². The Morgan fingerprint density at radius 2 is 1.83 bits per heavy atom. The van der Waals surface area contributed by atoms with Crippen LogP contribution in [0.5, 0.6) is 11.5 Å². The lowest BCUT2D eigenvalue weighted by atomic mass is 9.49. The molecule has 190 valence electrons. The van der Waals surface area contributed by atoms with Crippen LogP contribution in [0, 0.1) is 28.1 Å². The molecule has 0 bridgehead atoms. The second kappa shape index (κ2) is 9.76. The van der Waals surface area contributed by atoms with E-state index in [2.05, 4.69) is 54.2 Å². The highest BCUT2D eigenvalue weighted by molar-refractivity contribution is 5.92. The topological polar surface area (TPSA) is 117 Å². The molecule has 1 saturated carbocycles. The molecule has 2 fully saturated rings. The first kappa shape index (κ1) is 25.4. The fourth-order valence-corrected chi connectivity index (χ4v) is 5.86. The molecule has 2 heterocycles. The summed E-state index contributed by atoms with van der Waals surface area (Å²) in [5.74, 6) is 1.62. The molecule has 2 aromatic rings. The molecule has 1 amide bonds. The Labute approximate surface area is 211 Å². The molecule has 1 aromatic carbocycles. The van der Waals surface area contributed by atoms with E-state index in [4.69, 9.17) is 9.47 Å². The van der Waals surface area contributed by atoms with Crippen molar-refractivity contribution >= 4 is 18.0 Å². The predicted octanol–water partition coefficient (Wildman–Crippen LogP) is 3.38. The number of hydrogen-bond donors (Lipinski definition) is 1. The largest absolute Gasteiger partial charge is 0.495 e. The summed E-state index contributed by atoms with van der Waals surface area (Å²) in [6.45, 7) is 9.75. The Bertz CT molecular complexity index is 1150. The van der Waals surface area contributed by atoms with Gasteiger partial charge in [-0.25, -0.2) is 0 Å². The molecule has 9 heteroatoms. The summed E-state index contributed by atoms with van der Waals surface area (Å²) in [6.07, 6.45) is 2.45. The fourth-order valence-electron chi connectivity index (χ4n) is 5.86. The number of nitrogens with one attached hydrogen (secondary N) is 1. The summed E-state index contributed by atoms with van der Waals surface area (Å²) < 4.78 is 11.6. The molecule has 4 rings (SSSR count). The summed E-state index contributed by atoms with van der Waals surface area (Å²) in [5.41, 5.74) is -0.0262. The van der Waals surface area contributed by atoms with Gasteiger partial charge in [-0.2, -0.15) is 5.26 Å². The van der Waals surface area contributed by atoms with E-state index in [1.54, 1.807) is 24.3 Å². The minimum absolute atomic E-state index is 0.111. The van der Waals surface area contributed by atoms with Crippen molar-refractivity contribution in [2.75, 3.05) is 25.1 Å². The Morgan fingerprint density at radius 1 is 1.14 bits per heavy atom. The van der Waals surface area contributed by atoms with Crippen LogP contribution in [0.4, 0.5) is 5.82 Å². The molecule has 0 radical (unpaired) electrons. The predicted molar refractivity (Wildman–Crippen MR) is 134 cm³/mol. The van der Waals surface area contributed by atoms with Crippen molar-refractivity contribution in [2.45, 2.75) is 52.7 Å². The van der Waals surface area contributed by atoms with Crippen molar-refractivity contribution in [2.24, 2.45) is 16.7 Å². The minimum Gasteiger partial charge on any atom is -0.495 e. The van der Waals surface area contributed by atoms with Crippen molar-refractivity contribution in [3.8, 4) is 17.6 Å². The van der Waals surface area contributed by atoms with Gasteiger partial charge in [-0.05, 0) is 37.1 Å². The average molecular weight is 492 g/mol. The number of rotatable bonds is 7. The van der Waals surface area contributed by atoms with Crippen LogP contribution in [-0.2, 0) is 4.79 Å². The van der Waals surface area contributed by atoms with Crippen molar-refractivity contribution in [1.29, 1.82) is 5.26 Å². The van der Waals surface area contributed by atoms with E-state index in [9.17, 15) is 14.9 Å². The number of methoxy groups -OCH3 is 1. The van der Waals surface area contributed by atoms with Gasteiger partial charge >= 0.3 is 0 Å². The molecule has 1 N–H and O–H groups in total. The van der Waals surface area contributed by atoms with Gasteiger partial charge in [0, 0.05) is 41.9 Å². The van der Waals surface area contributed by atoms with Crippen molar-refractivity contribution in [3.05, 3.63) is 41.6 Å². The van der Waals surface area contributed by atoms with E-state index in [0.717, 1.165) is 32.2 Å². The first-order chi connectivity index (χ1) is 17.1. The normalized spacial score (nSPS) is 22.6. The molecule has 1 saturated heterocycles. The minimum atomic E-state index is -0.364. The van der Waals surface area contributed by atoms with Crippen molar-refractivity contribution in [3.63, 3.8) is 0 Å². The van der Waals surface area contributed by atoms with Gasteiger partial charge in [-0.3, -0.25) is 4.79 Å². The van der Waals surface area contributed by atoms with Gasteiger partial charge in [0.2, 0.25) is 0 Å². The van der Waals surface area contributed by atoms with Crippen molar-refractivity contribution in [1.82, 2.24) is 15.5 Å². The first-order valence-corrected chi connectivity index (χ1v) is 12.2. The van der Waals surface area contributed by atoms with E-state index < -0.39 is 0 Å². The van der Waals surface area contributed by atoms with Crippen LogP contribution in [-0.4, -0.2) is 54.7 Å². The van der Waals surface area contributed by atoms with E-state index >= 15 is 0 Å². The monoisotopic (exact) mass is 491 g/mol. The summed E-state index contributed by atoms with van der Waals surface area (Å²) in [6, 6.07) is 10.6. The summed E-state index contributed by atoms with van der Waals surface area (Å²) in [5, 5.41) is 20.8. The van der Waals surface area contributed by atoms with E-state index in [1.807, 2.05) is 6.07 Å². The number of aromatic nitrogens is 2. The molecule has 1 aliphatic heterocycles. The van der Waals surface area contributed by atoms with E-state index in [-0.39, 0.29) is 40.5 Å². The van der Waals surface area contributed by atoms with Gasteiger partial charge in [0.15, 0.2) is 11.5 Å². The number of nitrogens with zero attached hydrogens (tertiary/aromatic N) is 4. The Balaban J connectivity index is 1.41. The van der Waals surface area contributed by atoms with Crippen molar-refractivity contribution < 1.29 is 19.1 Å². The number of carbonyl (C=O) groups is 2. The number of ether oxygens (including phenoxy) is 2. The summed E-state index contributed by atoms with van der Waals surface area (Å²) >= 11 is 0. The van der Waals surface area contributed by atoms with Crippen LogP contribution in [0.2, 0.25) is 0 Å². The maximum atomic E-state index is 13.1. The second-order valence-corrected chi connectivity index (χ2v) is 10.8. The number of nitriles is 1. The first-order valence-electron chi connectivity index (χ1n) is 12.2. The van der Waals surface area contributed by atoms with Crippen LogP contribution in [0.3, 0.4) is 0 Å². The molecule has 0 spiro atoms. The molecule has 36 heavy (non-hydrogen) atoms. The lowest BCUT2D eigenvalue weighted by Gasteiger charge is -2.63. The smallest absolute Gasteiger partial charge is 0.272 e. The maximum Gasteiger partial charge on any atom is 0.272 e. The van der Waals surface area contributed by atoms with Gasteiger partial charge in [-0.15, -0.1) is 10.2 Å². The van der Waals surface area contributed by atoms with Gasteiger partial charge in [0.05, 0.1) is 12.7 Å². The van der Waals surface area contributed by atoms with Crippen LogP contribution in [0.15, 0.2) is 30.3 Å². The van der Waals surface area contributed by atoms with E-state index in [1.165, 1.54) is 7.11 Å². The van der Waals surface area contributed by atoms with Crippen LogP contribution >= 0.6 is 0 Å². The zero-order chi connectivity index (χ0) is 26.1. The van der Waals surface area contributed by atoms with E-state index in [0.29, 0.717) is 22.9 Å². The molecular formula is C27H33N5O4. The lowest BCUT2D eigenvalue weighted by molar-refractivity contribution is -0.164. The maximum absolute atomic E-state index is 13.1. The van der Waals surface area contributed by atoms with Gasteiger partial charge < -0.3 is 24.5 Å². The highest BCUT2D eigenvalue weighted by Crippen LogP contribution is 2.55. The fraction of sp³-hybridized carbons (Fsp3) is 0.519. The molecule has 1 aromatic heterocycles. The Kier molecular flexibility index (Phi) is 6.90. The molecule has 0 atom stereocenters. The highest BCUT2D eigenvalue weighted by atomic mass is 16.5. The third kappa shape index (κ3) is 4.60. The summed E-state index contributed by atoms with van der Waals surface area (Å²) in [4.78, 5) is 26.1. The van der Waals surface area contributed by atoms with Gasteiger partial charge in [0.1, 0.15) is 30.0 Å². The number of carbonyl (C=O) groups excluding carboxylic acids is 2. The molecule has 0 unspecified atom stereocenters. The standard InChI is InChI=1S/C27H33N5O4/c1-26(2)24(27(3,4)25(26)36-19-7-6-18(15-28)21(14-19)35-5)29-23(34)20-8-9-22(31-30-20)32-12-10-17(16-33)11-13-32/h6-9,14,16-17,24-25H,10-13H2,1-5H3,(H,29,34). The number of benzene rings is 1. The third-order valence-corrected chi connectivity index (χ3v) is 7.60. The number of piperidine rings is 1. The lowest BCUT2D eigenvalue weighted by Crippen LogP contribution is -2.74. The number of amides is 1. The number of hydrogen-bond acceptors (Lipinski definition) is 8. The van der Waals surface area contributed by atoms with Gasteiger partial charge in [0.25, 0.3) is 5.91 Å². The Morgan fingerprint density at radius 3 is 2.39 bits per heavy atom. The Hall–Kier alpha value is -3.67. The number of anilines is 1. The SMILES string of the molecule is COc1cc(OC2C(C)(C)C(NC(=O)c3ccc(N4CCC(C=O)CC4)nn3)C2(C)C)ccc1C#N. The molecular weight excluding hydrogens is 458 g/mol. The second-order valence-electron chi connectivity index (χ2n) is 10.8. The molecule has 9 nitrogen and oxygen atoms in total. The number of aldehydes is 1. The zero-order valence-corrected chi connectivity index (χ0v) is 21.4. The zero-order valence-electron chi connectivity index (χ0n) is 21.4. The summed E-state index contributed by atoms with van der Waals surface area (Å²) in [7, 11) is 1.52. The van der Waals surface area contributed by atoms with Crippen LogP contribution in [0.1, 0.15) is 56.6 Å². The quantitative estimate of drug-likeness (QED) is 0.586. The third-order valence-electron chi connectivity index (χ3n) is 7.60. The average Bonchev–Trinajstić information content (AvgIpc) is 2.89. The molecule has 1 aliphatic carbocycles. The molecule has 2 aliphatic rings.